The van der Waals surface area contributed by atoms with Crippen molar-refractivity contribution in [1.82, 2.24) is 0 Å². The molecule has 0 fully saturated rings. The maximum Gasteiger partial charge on any atom is 0.488 e. The summed E-state index contributed by atoms with van der Waals surface area (Å²) in [6.45, 7) is 9.35. The van der Waals surface area contributed by atoms with Crippen molar-refractivity contribution >= 4 is 114 Å². The van der Waals surface area contributed by atoms with E-state index in [9.17, 15) is 0 Å². The van der Waals surface area contributed by atoms with E-state index in [0.717, 1.165) is 28.8 Å². The highest BCUT2D eigenvalue weighted by Gasteiger charge is 2.38. The molecule has 3 aliphatic carbocycles. The summed E-state index contributed by atoms with van der Waals surface area (Å²) < 4.78 is 5.72. The Morgan fingerprint density at radius 3 is 1.13 bits per heavy atom. The first-order valence-corrected chi connectivity index (χ1v) is 31.6. The van der Waals surface area contributed by atoms with Gasteiger partial charge in [-0.2, -0.15) is 0 Å². The molecule has 406 valence electrons. The summed E-state index contributed by atoms with van der Waals surface area (Å²) in [5.41, 5.74) is 24.7. The molecule has 0 atom stereocenters. The minimum Gasteiger partial charge on any atom is -0.423 e. The summed E-state index contributed by atoms with van der Waals surface area (Å²) in [6, 6.07) is 86.2. The van der Waals surface area contributed by atoms with Gasteiger partial charge in [-0.25, -0.2) is 0 Å². The van der Waals surface area contributed by atoms with Gasteiger partial charge in [0.05, 0.1) is 0 Å². The Hall–Kier alpha value is -6.46. The Bertz CT molecular complexity index is 4320. The van der Waals surface area contributed by atoms with Crippen molar-refractivity contribution in [2.75, 3.05) is 0 Å². The van der Waals surface area contributed by atoms with Crippen LogP contribution in [0.5, 0.6) is 0 Å². The number of benzene rings is 12. The average Bonchev–Trinajstić information content (AvgIpc) is 2.08. The second kappa shape index (κ2) is 23.5. The lowest BCUT2D eigenvalue weighted by Crippen LogP contribution is -2.29. The van der Waals surface area contributed by atoms with Crippen LogP contribution in [0.3, 0.4) is 0 Å². The van der Waals surface area contributed by atoms with E-state index in [-0.39, 0.29) is 10.8 Å². The molecule has 0 amide bonds. The molecule has 0 saturated carbocycles. The molecule has 0 spiro atoms. The van der Waals surface area contributed by atoms with E-state index < -0.39 is 7.12 Å². The maximum atomic E-state index is 8.58. The van der Waals surface area contributed by atoms with Gasteiger partial charge >= 0.3 is 7.12 Å². The van der Waals surface area contributed by atoms with E-state index in [2.05, 4.69) is 320 Å². The summed E-state index contributed by atoms with van der Waals surface area (Å²) in [5.74, 6) is 0. The molecule has 12 aromatic carbocycles. The number of hydrogen-bond acceptors (Lipinski definition) is 2. The number of hydrogen-bond donors (Lipinski definition) is 2. The zero-order valence-corrected chi connectivity index (χ0v) is 54.1. The van der Waals surface area contributed by atoms with Gasteiger partial charge in [0.2, 0.25) is 0 Å². The van der Waals surface area contributed by atoms with Crippen LogP contribution in [0.25, 0.3) is 88.3 Å². The van der Waals surface area contributed by atoms with Crippen LogP contribution in [0.4, 0.5) is 0 Å². The third-order valence-corrected chi connectivity index (χ3v) is 19.1. The zero-order chi connectivity index (χ0) is 57.7. The Labute approximate surface area is 529 Å². The fourth-order valence-corrected chi connectivity index (χ4v) is 14.3. The minimum atomic E-state index is -1.34. The molecular formula is C75H56BBr5O2. The quantitative estimate of drug-likeness (QED) is 0.136. The van der Waals surface area contributed by atoms with Crippen molar-refractivity contribution in [2.45, 2.75) is 44.9 Å². The molecule has 0 aliphatic heterocycles. The van der Waals surface area contributed by atoms with Crippen LogP contribution >= 0.6 is 79.6 Å². The average molecular weight is 1400 g/mol. The van der Waals surface area contributed by atoms with Gasteiger partial charge in [0.25, 0.3) is 0 Å². The zero-order valence-electron chi connectivity index (χ0n) is 46.2. The second-order valence-corrected chi connectivity index (χ2v) is 27.0. The first kappa shape index (κ1) is 57.0. The molecule has 0 bridgehead atoms. The molecular weight excluding hydrogens is 1340 g/mol. The van der Waals surface area contributed by atoms with Gasteiger partial charge in [-0.15, -0.1) is 0 Å². The summed E-state index contributed by atoms with van der Waals surface area (Å²) in [4.78, 5) is 0. The lowest BCUT2D eigenvalue weighted by Gasteiger charge is -2.24. The van der Waals surface area contributed by atoms with Crippen molar-refractivity contribution in [3.8, 4) is 66.8 Å². The molecule has 0 heterocycles. The monoisotopic (exact) mass is 1390 g/mol. The SMILES string of the molecule is Brc1ccc2c(c1)Cc1cc(Br)ccc1-2.CC1(C)c2cc(-c3ccc(Br)cc3)ccc2-c2cc3c(-c4ccccc4)c4ccccc4c(-c4ccccc4)c3cc21.CC1(C)c2cc(Br)ccc2-c2ccc(Br)cc21.OB(O)c1ccccc1. The molecule has 3 aliphatic rings. The lowest BCUT2D eigenvalue weighted by atomic mass is 9.79. The topological polar surface area (TPSA) is 40.5 Å². The van der Waals surface area contributed by atoms with Gasteiger partial charge < -0.3 is 10.0 Å². The van der Waals surface area contributed by atoms with Crippen molar-refractivity contribution < 1.29 is 10.0 Å². The van der Waals surface area contributed by atoms with Crippen LogP contribution in [0.2, 0.25) is 0 Å². The van der Waals surface area contributed by atoms with E-state index in [1.807, 2.05) is 6.07 Å². The molecule has 2 N–H and O–H groups in total. The van der Waals surface area contributed by atoms with E-state index >= 15 is 0 Å². The number of fused-ring (bicyclic) bond motifs is 11. The predicted octanol–water partition coefficient (Wildman–Crippen LogP) is 21.7. The highest BCUT2D eigenvalue weighted by Crippen LogP contribution is 2.54. The number of rotatable bonds is 4. The van der Waals surface area contributed by atoms with Gasteiger partial charge in [-0.3, -0.25) is 0 Å². The molecule has 8 heteroatoms. The molecule has 15 rings (SSSR count). The highest BCUT2D eigenvalue weighted by molar-refractivity contribution is 9.11. The molecule has 0 radical (unpaired) electrons. The van der Waals surface area contributed by atoms with Gasteiger partial charge in [0.15, 0.2) is 0 Å². The van der Waals surface area contributed by atoms with Crippen molar-refractivity contribution in [3.05, 3.63) is 298 Å². The largest absolute Gasteiger partial charge is 0.488 e. The molecule has 83 heavy (non-hydrogen) atoms. The van der Waals surface area contributed by atoms with Crippen LogP contribution in [0, 0.1) is 0 Å². The fraction of sp³-hybridized carbons (Fsp3) is 0.0933. The molecule has 2 nitrogen and oxygen atoms in total. The Kier molecular flexibility index (Phi) is 16.2. The van der Waals surface area contributed by atoms with Crippen LogP contribution in [-0.2, 0) is 17.3 Å². The van der Waals surface area contributed by atoms with Crippen LogP contribution in [-0.4, -0.2) is 17.2 Å². The van der Waals surface area contributed by atoms with Crippen molar-refractivity contribution in [3.63, 3.8) is 0 Å². The van der Waals surface area contributed by atoms with Crippen LogP contribution < -0.4 is 5.46 Å². The van der Waals surface area contributed by atoms with Crippen LogP contribution in [0.15, 0.2) is 265 Å². The van der Waals surface area contributed by atoms with Gasteiger partial charge in [0.1, 0.15) is 0 Å². The molecule has 0 saturated heterocycles. The standard InChI is InChI=1S/C41H29Br.C15H12Br2.C13H8Br2.C6H7BO2/c1-41(2)37-23-29(26-17-20-30(42)21-18-26)19-22-31(37)34-24-35-36(25-38(34)41)40(28-13-7-4-8-14-28)33-16-10-9-15-32(33)39(35)27-11-5-3-6-12-27;1-15(2)13-7-9(16)3-5-11(13)12-6-4-10(17)8-14(12)15;14-10-1-3-12-8(6-10)5-9-7-11(15)2-4-13(9)12;8-7(9)6-4-2-1-3-5-6/h3-25H,1-2H3;3-8H,1-2H3;1-4,6-7H,5H2;1-5,8-9H. The van der Waals surface area contributed by atoms with Crippen LogP contribution in [0.1, 0.15) is 61.1 Å². The summed E-state index contributed by atoms with van der Waals surface area (Å²) >= 11 is 17.8. The Morgan fingerprint density at radius 1 is 0.301 bits per heavy atom. The van der Waals surface area contributed by atoms with E-state index in [1.165, 1.54) is 122 Å². The third kappa shape index (κ3) is 11.1. The molecule has 0 unspecified atom stereocenters. The van der Waals surface area contributed by atoms with Gasteiger partial charge in [-0.1, -0.05) is 271 Å². The van der Waals surface area contributed by atoms with E-state index in [4.69, 9.17) is 10.0 Å². The molecule has 0 aromatic heterocycles. The van der Waals surface area contributed by atoms with Crippen molar-refractivity contribution in [1.29, 1.82) is 0 Å². The molecule has 12 aromatic rings. The summed E-state index contributed by atoms with van der Waals surface area (Å²) in [7, 11) is -1.34. The first-order chi connectivity index (χ1) is 40.0. The van der Waals surface area contributed by atoms with Crippen molar-refractivity contribution in [2.24, 2.45) is 0 Å². The Balaban J connectivity index is 0.000000134. The van der Waals surface area contributed by atoms with Gasteiger partial charge in [-0.05, 0) is 212 Å². The predicted molar refractivity (Wildman–Crippen MR) is 369 cm³/mol. The van der Waals surface area contributed by atoms with E-state index in [1.54, 1.807) is 24.3 Å². The normalized spacial score (nSPS) is 13.1. The summed E-state index contributed by atoms with van der Waals surface area (Å²) in [5, 5.41) is 22.4. The second-order valence-electron chi connectivity index (χ2n) is 22.4. The highest BCUT2D eigenvalue weighted by atomic mass is 79.9. The smallest absolute Gasteiger partial charge is 0.423 e. The summed E-state index contributed by atoms with van der Waals surface area (Å²) in [6.07, 6.45) is 1.05. The van der Waals surface area contributed by atoms with E-state index in [0.29, 0.717) is 5.46 Å². The fourth-order valence-electron chi connectivity index (χ4n) is 12.5. The Morgan fingerprint density at radius 2 is 0.663 bits per heavy atom. The third-order valence-electron chi connectivity index (χ3n) is 16.6. The lowest BCUT2D eigenvalue weighted by molar-refractivity contribution is 0.426. The first-order valence-electron chi connectivity index (χ1n) is 27.7. The maximum absolute atomic E-state index is 8.58. The van der Waals surface area contributed by atoms with Gasteiger partial charge in [0, 0.05) is 33.2 Å². The number of halogens is 5. The minimum absolute atomic E-state index is 0.0816.